The quantitative estimate of drug-likeness (QED) is 0.643. The molecule has 0 saturated carbocycles. The Hall–Kier alpha value is -2.53. The van der Waals surface area contributed by atoms with Crippen molar-refractivity contribution in [3.8, 4) is 11.5 Å². The van der Waals surface area contributed by atoms with Crippen LogP contribution in [0.2, 0.25) is 0 Å². The van der Waals surface area contributed by atoms with Crippen molar-refractivity contribution >= 4 is 5.91 Å². The minimum atomic E-state index is -0.0646. The number of ether oxygens (including phenoxy) is 2. The average Bonchev–Trinajstić information content (AvgIpc) is 3.08. The Balaban J connectivity index is 1.71. The number of nitrogens with zero attached hydrogens (tertiary/aromatic N) is 1. The minimum Gasteiger partial charge on any atom is -0.497 e. The lowest BCUT2D eigenvalue weighted by Gasteiger charge is -2.31. The molecular weight excluding hydrogens is 376 g/mol. The molecule has 0 spiro atoms. The highest BCUT2D eigenvalue weighted by molar-refractivity contribution is 5.94. The Bertz CT molecular complexity index is 783. The summed E-state index contributed by atoms with van der Waals surface area (Å²) in [5.41, 5.74) is 1.84. The van der Waals surface area contributed by atoms with Gasteiger partial charge < -0.3 is 14.8 Å². The fourth-order valence-corrected chi connectivity index (χ4v) is 3.93. The van der Waals surface area contributed by atoms with E-state index in [2.05, 4.69) is 29.3 Å². The Labute approximate surface area is 180 Å². The van der Waals surface area contributed by atoms with Crippen LogP contribution in [0.1, 0.15) is 61.0 Å². The van der Waals surface area contributed by atoms with E-state index in [1.165, 1.54) is 31.2 Å². The van der Waals surface area contributed by atoms with Crippen LogP contribution in [0.5, 0.6) is 11.5 Å². The maximum absolute atomic E-state index is 12.9. The van der Waals surface area contributed by atoms with Gasteiger partial charge in [-0.25, -0.2) is 0 Å². The second-order valence-corrected chi connectivity index (χ2v) is 7.83. The third-order valence-electron chi connectivity index (χ3n) is 5.61. The standard InChI is InChI=1S/C25H34N2O3/c1-3-17-30-23-10-8-9-21(18-23)25(28)26-19-24(27-15-6-4-5-7-16-27)20-11-13-22(29-2)14-12-20/h8-14,18,24H,3-7,15-17,19H2,1-2H3,(H,26,28). The Morgan fingerprint density at radius 1 is 1.03 bits per heavy atom. The topological polar surface area (TPSA) is 50.8 Å². The fraction of sp³-hybridized carbons (Fsp3) is 0.480. The molecule has 2 aromatic carbocycles. The summed E-state index contributed by atoms with van der Waals surface area (Å²) in [6.45, 7) is 5.42. The molecule has 5 heteroatoms. The SMILES string of the molecule is CCCOc1cccc(C(=O)NCC(c2ccc(OC)cc2)N2CCCCCC2)c1. The molecule has 1 atom stereocenters. The van der Waals surface area contributed by atoms with Crippen LogP contribution in [0.15, 0.2) is 48.5 Å². The molecule has 0 aliphatic carbocycles. The molecule has 0 bridgehead atoms. The molecule has 3 rings (SSSR count). The Kier molecular flexibility index (Phi) is 8.57. The molecule has 1 unspecified atom stereocenters. The zero-order valence-electron chi connectivity index (χ0n) is 18.2. The molecule has 1 N–H and O–H groups in total. The third-order valence-corrected chi connectivity index (χ3v) is 5.61. The van der Waals surface area contributed by atoms with Gasteiger partial charge in [0.05, 0.1) is 19.8 Å². The van der Waals surface area contributed by atoms with E-state index < -0.39 is 0 Å². The van der Waals surface area contributed by atoms with Gasteiger partial charge in [-0.2, -0.15) is 0 Å². The van der Waals surface area contributed by atoms with Crippen molar-refractivity contribution < 1.29 is 14.3 Å². The van der Waals surface area contributed by atoms with Crippen LogP contribution in [-0.4, -0.2) is 44.2 Å². The number of hydrogen-bond donors (Lipinski definition) is 1. The first-order valence-corrected chi connectivity index (χ1v) is 11.1. The van der Waals surface area contributed by atoms with Gasteiger partial charge in [-0.3, -0.25) is 9.69 Å². The zero-order valence-corrected chi connectivity index (χ0v) is 18.2. The van der Waals surface area contributed by atoms with Crippen LogP contribution < -0.4 is 14.8 Å². The van der Waals surface area contributed by atoms with Crippen molar-refractivity contribution in [2.75, 3.05) is 33.4 Å². The van der Waals surface area contributed by atoms with Gasteiger partial charge in [0, 0.05) is 12.1 Å². The number of rotatable bonds is 9. The van der Waals surface area contributed by atoms with Gasteiger partial charge in [-0.15, -0.1) is 0 Å². The molecule has 2 aromatic rings. The van der Waals surface area contributed by atoms with E-state index >= 15 is 0 Å². The van der Waals surface area contributed by atoms with E-state index in [0.29, 0.717) is 18.7 Å². The fourth-order valence-electron chi connectivity index (χ4n) is 3.93. The first-order valence-electron chi connectivity index (χ1n) is 11.1. The van der Waals surface area contributed by atoms with Gasteiger partial charge in [0.25, 0.3) is 5.91 Å². The first-order chi connectivity index (χ1) is 14.7. The van der Waals surface area contributed by atoms with Crippen molar-refractivity contribution in [1.29, 1.82) is 0 Å². The van der Waals surface area contributed by atoms with Crippen molar-refractivity contribution in [1.82, 2.24) is 10.2 Å². The van der Waals surface area contributed by atoms with Crippen LogP contribution >= 0.6 is 0 Å². The normalized spacial score (nSPS) is 15.8. The largest absolute Gasteiger partial charge is 0.497 e. The first kappa shape index (κ1) is 22.2. The minimum absolute atomic E-state index is 0.0646. The molecule has 0 aromatic heterocycles. The Morgan fingerprint density at radius 2 is 1.77 bits per heavy atom. The highest BCUT2D eigenvalue weighted by Crippen LogP contribution is 2.26. The van der Waals surface area contributed by atoms with Crippen molar-refractivity contribution in [2.45, 2.75) is 45.1 Å². The number of nitrogens with one attached hydrogen (secondary N) is 1. The molecule has 1 amide bonds. The van der Waals surface area contributed by atoms with Gasteiger partial charge in [0.15, 0.2) is 0 Å². The van der Waals surface area contributed by atoms with Gasteiger partial charge in [0.1, 0.15) is 11.5 Å². The molecule has 1 aliphatic heterocycles. The van der Waals surface area contributed by atoms with E-state index in [1.807, 2.05) is 36.4 Å². The number of benzene rings is 2. The van der Waals surface area contributed by atoms with E-state index in [4.69, 9.17) is 9.47 Å². The van der Waals surface area contributed by atoms with Gasteiger partial charge in [-0.1, -0.05) is 38.0 Å². The lowest BCUT2D eigenvalue weighted by Crippen LogP contribution is -2.38. The Morgan fingerprint density at radius 3 is 2.43 bits per heavy atom. The van der Waals surface area contributed by atoms with Crippen LogP contribution in [0.3, 0.4) is 0 Å². The summed E-state index contributed by atoms with van der Waals surface area (Å²) in [5.74, 6) is 1.52. The summed E-state index contributed by atoms with van der Waals surface area (Å²) in [5, 5.41) is 3.16. The molecule has 1 heterocycles. The summed E-state index contributed by atoms with van der Waals surface area (Å²) < 4.78 is 11.0. The van der Waals surface area contributed by atoms with Crippen LogP contribution in [0.4, 0.5) is 0 Å². The lowest BCUT2D eigenvalue weighted by molar-refractivity contribution is 0.0932. The number of carbonyl (C=O) groups excluding carboxylic acids is 1. The summed E-state index contributed by atoms with van der Waals surface area (Å²) in [4.78, 5) is 15.4. The highest BCUT2D eigenvalue weighted by atomic mass is 16.5. The monoisotopic (exact) mass is 410 g/mol. The molecule has 162 valence electrons. The molecule has 0 radical (unpaired) electrons. The number of likely N-dealkylation sites (tertiary alicyclic amines) is 1. The smallest absolute Gasteiger partial charge is 0.251 e. The van der Waals surface area contributed by atoms with Crippen LogP contribution in [0, 0.1) is 0 Å². The van der Waals surface area contributed by atoms with Gasteiger partial charge in [0.2, 0.25) is 0 Å². The van der Waals surface area contributed by atoms with Crippen LogP contribution in [0.25, 0.3) is 0 Å². The third kappa shape index (κ3) is 6.23. The number of carbonyl (C=O) groups is 1. The van der Waals surface area contributed by atoms with E-state index in [0.717, 1.165) is 31.0 Å². The number of amides is 1. The average molecular weight is 411 g/mol. The number of hydrogen-bond acceptors (Lipinski definition) is 4. The maximum atomic E-state index is 12.9. The summed E-state index contributed by atoms with van der Waals surface area (Å²) in [6.07, 6.45) is 5.91. The highest BCUT2D eigenvalue weighted by Gasteiger charge is 2.22. The number of methoxy groups -OCH3 is 1. The molecule has 1 fully saturated rings. The second kappa shape index (κ2) is 11.6. The van der Waals surface area contributed by atoms with Crippen molar-refractivity contribution in [3.05, 3.63) is 59.7 Å². The van der Waals surface area contributed by atoms with Gasteiger partial charge >= 0.3 is 0 Å². The van der Waals surface area contributed by atoms with Crippen molar-refractivity contribution in [2.24, 2.45) is 0 Å². The van der Waals surface area contributed by atoms with E-state index in [1.54, 1.807) is 7.11 Å². The van der Waals surface area contributed by atoms with E-state index in [-0.39, 0.29) is 11.9 Å². The molecule has 1 saturated heterocycles. The summed E-state index contributed by atoms with van der Waals surface area (Å²) in [7, 11) is 1.68. The maximum Gasteiger partial charge on any atom is 0.251 e. The second-order valence-electron chi connectivity index (χ2n) is 7.83. The summed E-state index contributed by atoms with van der Waals surface area (Å²) in [6, 6.07) is 15.8. The lowest BCUT2D eigenvalue weighted by atomic mass is 10.0. The molecular formula is C25H34N2O3. The zero-order chi connectivity index (χ0) is 21.2. The summed E-state index contributed by atoms with van der Waals surface area (Å²) >= 11 is 0. The predicted molar refractivity (Wildman–Crippen MR) is 120 cm³/mol. The van der Waals surface area contributed by atoms with Gasteiger partial charge in [-0.05, 0) is 68.2 Å². The molecule has 1 aliphatic rings. The predicted octanol–water partition coefficient (Wildman–Crippen LogP) is 4.83. The van der Waals surface area contributed by atoms with Crippen LogP contribution in [-0.2, 0) is 0 Å². The molecule has 5 nitrogen and oxygen atoms in total. The van der Waals surface area contributed by atoms with E-state index in [9.17, 15) is 4.79 Å². The molecule has 30 heavy (non-hydrogen) atoms. The van der Waals surface area contributed by atoms with Crippen molar-refractivity contribution in [3.63, 3.8) is 0 Å².